The predicted molar refractivity (Wildman–Crippen MR) is 121 cm³/mol. The second kappa shape index (κ2) is 9.76. The van der Waals surface area contributed by atoms with Crippen molar-refractivity contribution in [2.24, 2.45) is 0 Å². The quantitative estimate of drug-likeness (QED) is 0.287. The van der Waals surface area contributed by atoms with Gasteiger partial charge in [0.2, 0.25) is 0 Å². The Labute approximate surface area is 191 Å². The lowest BCUT2D eigenvalue weighted by atomic mass is 10.2. The topological polar surface area (TPSA) is 116 Å². The molecule has 3 heterocycles. The van der Waals surface area contributed by atoms with E-state index in [9.17, 15) is 9.59 Å². The first kappa shape index (κ1) is 21.7. The lowest BCUT2D eigenvalue weighted by molar-refractivity contribution is -0.142. The highest BCUT2D eigenvalue weighted by molar-refractivity contribution is 7.99. The second-order valence-electron chi connectivity index (χ2n) is 6.57. The maximum Gasteiger partial charge on any atom is 0.316 e. The van der Waals surface area contributed by atoms with Crippen LogP contribution in [0.2, 0.25) is 0 Å². The van der Waals surface area contributed by atoms with Crippen LogP contribution in [0.15, 0.2) is 51.7 Å². The summed E-state index contributed by atoms with van der Waals surface area (Å²) in [7, 11) is 0. The molecule has 0 saturated carbocycles. The van der Waals surface area contributed by atoms with Crippen molar-refractivity contribution in [3.63, 3.8) is 0 Å². The van der Waals surface area contributed by atoms with E-state index in [1.54, 1.807) is 35.6 Å². The molecule has 0 atom stereocenters. The number of benzene rings is 1. The maximum absolute atomic E-state index is 12.7. The average molecular weight is 467 g/mol. The Kier molecular flexibility index (Phi) is 6.63. The molecular formula is C21H18N6O3S2. The SMILES string of the molecule is CCn1c(SCC(=O)OCc2nc3ccccc3c(=O)n2CC#N)nnc1-c1cccs1. The Bertz CT molecular complexity index is 1350. The molecule has 0 aliphatic rings. The molecular weight excluding hydrogens is 448 g/mol. The van der Waals surface area contributed by atoms with Crippen LogP contribution in [0.1, 0.15) is 12.7 Å². The summed E-state index contributed by atoms with van der Waals surface area (Å²) in [4.78, 5) is 30.5. The van der Waals surface area contributed by atoms with Crippen molar-refractivity contribution in [1.82, 2.24) is 24.3 Å². The summed E-state index contributed by atoms with van der Waals surface area (Å²) in [6.45, 7) is 2.27. The molecule has 4 aromatic rings. The number of para-hydroxylation sites is 1. The van der Waals surface area contributed by atoms with Crippen LogP contribution in [-0.2, 0) is 29.2 Å². The molecule has 4 rings (SSSR count). The molecule has 0 bridgehead atoms. The van der Waals surface area contributed by atoms with Gasteiger partial charge in [-0.05, 0) is 30.5 Å². The van der Waals surface area contributed by atoms with Crippen molar-refractivity contribution in [2.75, 3.05) is 5.75 Å². The summed E-state index contributed by atoms with van der Waals surface area (Å²) in [6.07, 6.45) is 0. The zero-order valence-corrected chi connectivity index (χ0v) is 18.7. The number of ether oxygens (including phenoxy) is 1. The number of thiophene rings is 1. The fraction of sp³-hybridized carbons (Fsp3) is 0.238. The standard InChI is InChI=1S/C21H18N6O3S2/c1-2-26-19(16-8-5-11-31-16)24-25-21(26)32-13-18(28)30-12-17-23-15-7-4-3-6-14(15)20(29)27(17)10-9-22/h3-8,11H,2,10,12-13H2,1H3. The van der Waals surface area contributed by atoms with Gasteiger partial charge in [-0.1, -0.05) is 30.0 Å². The van der Waals surface area contributed by atoms with Crippen molar-refractivity contribution in [1.29, 1.82) is 5.26 Å². The van der Waals surface area contributed by atoms with Crippen LogP contribution in [0.25, 0.3) is 21.6 Å². The number of carbonyl (C=O) groups excluding carboxylic acids is 1. The van der Waals surface area contributed by atoms with Crippen molar-refractivity contribution in [3.8, 4) is 16.8 Å². The first-order valence-corrected chi connectivity index (χ1v) is 11.6. The highest BCUT2D eigenvalue weighted by atomic mass is 32.2. The van der Waals surface area contributed by atoms with Gasteiger partial charge in [0.15, 0.2) is 16.8 Å². The third kappa shape index (κ3) is 4.42. The van der Waals surface area contributed by atoms with Crippen LogP contribution in [0.3, 0.4) is 0 Å². The number of hydrogen-bond donors (Lipinski definition) is 0. The minimum Gasteiger partial charge on any atom is -0.457 e. The Hall–Kier alpha value is -3.49. The van der Waals surface area contributed by atoms with E-state index in [-0.39, 0.29) is 30.3 Å². The van der Waals surface area contributed by atoms with Crippen LogP contribution in [0, 0.1) is 11.3 Å². The van der Waals surface area contributed by atoms with Crippen molar-refractivity contribution in [2.45, 2.75) is 31.8 Å². The van der Waals surface area contributed by atoms with Gasteiger partial charge < -0.3 is 9.30 Å². The molecule has 11 heteroatoms. The van der Waals surface area contributed by atoms with E-state index >= 15 is 0 Å². The van der Waals surface area contributed by atoms with E-state index in [0.717, 1.165) is 10.7 Å². The van der Waals surface area contributed by atoms with Crippen LogP contribution in [-0.4, -0.2) is 36.0 Å². The smallest absolute Gasteiger partial charge is 0.316 e. The summed E-state index contributed by atoms with van der Waals surface area (Å²) in [5.74, 6) is 0.535. The zero-order valence-electron chi connectivity index (χ0n) is 17.1. The molecule has 3 aromatic heterocycles. The number of nitrogens with zero attached hydrogens (tertiary/aromatic N) is 6. The molecule has 0 aliphatic heterocycles. The second-order valence-corrected chi connectivity index (χ2v) is 8.46. The third-order valence-electron chi connectivity index (χ3n) is 4.63. The molecule has 0 radical (unpaired) electrons. The third-order valence-corrected chi connectivity index (χ3v) is 6.43. The molecule has 0 N–H and O–H groups in total. The first-order chi connectivity index (χ1) is 15.6. The van der Waals surface area contributed by atoms with Gasteiger partial charge in [-0.3, -0.25) is 14.2 Å². The molecule has 9 nitrogen and oxygen atoms in total. The minimum atomic E-state index is -0.482. The van der Waals surface area contributed by atoms with E-state index in [1.165, 1.54) is 16.3 Å². The van der Waals surface area contributed by atoms with Crippen LogP contribution >= 0.6 is 23.1 Å². The molecule has 0 aliphatic carbocycles. The first-order valence-electron chi connectivity index (χ1n) is 9.73. The van der Waals surface area contributed by atoms with Crippen LogP contribution in [0.4, 0.5) is 0 Å². The molecule has 1 aromatic carbocycles. The zero-order chi connectivity index (χ0) is 22.5. The monoisotopic (exact) mass is 466 g/mol. The number of thioether (sulfide) groups is 1. The summed E-state index contributed by atoms with van der Waals surface area (Å²) in [6, 6.07) is 12.7. The van der Waals surface area contributed by atoms with E-state index < -0.39 is 5.97 Å². The number of fused-ring (bicyclic) bond motifs is 1. The Morgan fingerprint density at radius 3 is 2.81 bits per heavy atom. The van der Waals surface area contributed by atoms with Crippen molar-refractivity contribution >= 4 is 40.0 Å². The van der Waals surface area contributed by atoms with Gasteiger partial charge in [0.1, 0.15) is 13.2 Å². The largest absolute Gasteiger partial charge is 0.457 e. The number of aromatic nitrogens is 5. The summed E-state index contributed by atoms with van der Waals surface area (Å²) < 4.78 is 8.52. The van der Waals surface area contributed by atoms with Crippen molar-refractivity contribution in [3.05, 3.63) is 58.0 Å². The normalized spacial score (nSPS) is 10.9. The Morgan fingerprint density at radius 2 is 2.06 bits per heavy atom. The molecule has 0 spiro atoms. The molecule has 0 fully saturated rings. The van der Waals surface area contributed by atoms with Gasteiger partial charge in [0, 0.05) is 6.54 Å². The lowest BCUT2D eigenvalue weighted by Crippen LogP contribution is -2.26. The molecule has 162 valence electrons. The molecule has 0 amide bonds. The van der Waals surface area contributed by atoms with Gasteiger partial charge in [0.05, 0.1) is 27.6 Å². The number of nitriles is 1. The summed E-state index contributed by atoms with van der Waals surface area (Å²) in [5, 5.41) is 20.5. The lowest BCUT2D eigenvalue weighted by Gasteiger charge is -2.11. The minimum absolute atomic E-state index is 0.0264. The van der Waals surface area contributed by atoms with Crippen LogP contribution < -0.4 is 5.56 Å². The number of carbonyl (C=O) groups is 1. The van der Waals surface area contributed by atoms with Gasteiger partial charge in [-0.25, -0.2) is 4.98 Å². The predicted octanol–water partition coefficient (Wildman–Crippen LogP) is 3.10. The van der Waals surface area contributed by atoms with E-state index in [1.807, 2.05) is 35.1 Å². The fourth-order valence-electron chi connectivity index (χ4n) is 3.14. The molecule has 0 unspecified atom stereocenters. The molecule has 32 heavy (non-hydrogen) atoms. The Morgan fingerprint density at radius 1 is 1.22 bits per heavy atom. The van der Waals surface area contributed by atoms with Crippen LogP contribution in [0.5, 0.6) is 0 Å². The van der Waals surface area contributed by atoms with Gasteiger partial charge in [-0.15, -0.1) is 21.5 Å². The summed E-state index contributed by atoms with van der Waals surface area (Å²) >= 11 is 2.81. The van der Waals surface area contributed by atoms with E-state index in [0.29, 0.717) is 22.6 Å². The highest BCUT2D eigenvalue weighted by Crippen LogP contribution is 2.27. The average Bonchev–Trinajstić information content (AvgIpc) is 3.48. The van der Waals surface area contributed by atoms with Gasteiger partial charge >= 0.3 is 5.97 Å². The highest BCUT2D eigenvalue weighted by Gasteiger charge is 2.17. The fourth-order valence-corrected chi connectivity index (χ4v) is 4.65. The molecule has 0 saturated heterocycles. The number of rotatable bonds is 8. The van der Waals surface area contributed by atoms with Gasteiger partial charge in [0.25, 0.3) is 5.56 Å². The number of esters is 1. The Balaban J connectivity index is 1.45. The van der Waals surface area contributed by atoms with E-state index in [2.05, 4.69) is 15.2 Å². The van der Waals surface area contributed by atoms with Gasteiger partial charge in [-0.2, -0.15) is 5.26 Å². The van der Waals surface area contributed by atoms with Crippen molar-refractivity contribution < 1.29 is 9.53 Å². The van der Waals surface area contributed by atoms with E-state index in [4.69, 9.17) is 10.00 Å². The summed E-state index contributed by atoms with van der Waals surface area (Å²) in [5.41, 5.74) is 0.152. The number of hydrogen-bond acceptors (Lipinski definition) is 9. The maximum atomic E-state index is 12.7.